The van der Waals surface area contributed by atoms with E-state index in [-0.39, 0.29) is 0 Å². The zero-order valence-electron chi connectivity index (χ0n) is 12.9. The highest BCUT2D eigenvalue weighted by molar-refractivity contribution is 5.79. The molecule has 0 saturated heterocycles. The van der Waals surface area contributed by atoms with Crippen molar-refractivity contribution in [3.8, 4) is 5.75 Å². The Hall–Kier alpha value is -2.01. The van der Waals surface area contributed by atoms with E-state index in [0.29, 0.717) is 19.8 Å². The fourth-order valence-corrected chi connectivity index (χ4v) is 1.70. The van der Waals surface area contributed by atoms with Crippen LogP contribution >= 0.6 is 0 Å². The quantitative estimate of drug-likeness (QED) is 0.316. The highest BCUT2D eigenvalue weighted by Gasteiger charge is 2.02. The molecule has 0 radical (unpaired) electrons. The molecular weight excluding hydrogens is 266 g/mol. The molecule has 1 rings (SSSR count). The first kappa shape index (κ1) is 17.0. The van der Waals surface area contributed by atoms with Gasteiger partial charge in [0.1, 0.15) is 12.4 Å². The molecule has 0 atom stereocenters. The number of aliphatic imine (C=N–C) groups is 1. The first-order valence-corrected chi connectivity index (χ1v) is 7.14. The summed E-state index contributed by atoms with van der Waals surface area (Å²) in [7, 11) is 1.68. The molecule has 1 aromatic carbocycles. The first-order chi connectivity index (χ1) is 10.3. The molecule has 0 saturated carbocycles. The van der Waals surface area contributed by atoms with Gasteiger partial charge >= 0.3 is 0 Å². The molecule has 0 amide bonds. The molecule has 1 aromatic rings. The lowest BCUT2D eigenvalue weighted by molar-refractivity contribution is 0.203. The molecule has 116 valence electrons. The lowest BCUT2D eigenvalue weighted by Crippen LogP contribution is -2.38. The Bertz CT molecular complexity index is 447. The molecule has 0 bridgehead atoms. The molecule has 0 heterocycles. The van der Waals surface area contributed by atoms with Crippen molar-refractivity contribution in [1.29, 1.82) is 0 Å². The number of benzene rings is 1. The average Bonchev–Trinajstić information content (AvgIpc) is 2.51. The third kappa shape index (κ3) is 6.81. The molecule has 0 aliphatic carbocycles. The van der Waals surface area contributed by atoms with Crippen molar-refractivity contribution < 1.29 is 9.47 Å². The van der Waals surface area contributed by atoms with E-state index in [9.17, 15) is 0 Å². The van der Waals surface area contributed by atoms with Crippen molar-refractivity contribution in [2.45, 2.75) is 13.5 Å². The van der Waals surface area contributed by atoms with Crippen LogP contribution in [0.25, 0.3) is 0 Å². The van der Waals surface area contributed by atoms with E-state index in [1.807, 2.05) is 31.2 Å². The summed E-state index contributed by atoms with van der Waals surface area (Å²) in [4.78, 5) is 4.56. The van der Waals surface area contributed by atoms with Crippen LogP contribution in [0.5, 0.6) is 5.75 Å². The summed E-state index contributed by atoms with van der Waals surface area (Å²) >= 11 is 0. The van der Waals surface area contributed by atoms with Gasteiger partial charge in [0.2, 0.25) is 0 Å². The van der Waals surface area contributed by atoms with Crippen molar-refractivity contribution in [2.75, 3.05) is 33.4 Å². The minimum atomic E-state index is 0.493. The van der Waals surface area contributed by atoms with E-state index in [2.05, 4.69) is 22.2 Å². The predicted octanol–water partition coefficient (Wildman–Crippen LogP) is 1.95. The number of hydrogen-bond acceptors (Lipinski definition) is 3. The van der Waals surface area contributed by atoms with Gasteiger partial charge in [-0.1, -0.05) is 30.9 Å². The van der Waals surface area contributed by atoms with Gasteiger partial charge in [0.15, 0.2) is 5.96 Å². The van der Waals surface area contributed by atoms with Crippen LogP contribution in [0.1, 0.15) is 12.5 Å². The van der Waals surface area contributed by atoms with Crippen LogP contribution in [-0.4, -0.2) is 39.4 Å². The van der Waals surface area contributed by atoms with Crippen LogP contribution in [0, 0.1) is 0 Å². The van der Waals surface area contributed by atoms with Crippen LogP contribution < -0.4 is 15.4 Å². The maximum atomic E-state index is 5.63. The number of guanidine groups is 1. The molecule has 5 heteroatoms. The number of nitrogens with one attached hydrogen (secondary N) is 2. The van der Waals surface area contributed by atoms with Gasteiger partial charge in [-0.25, -0.2) is 4.99 Å². The Balaban J connectivity index is 2.67. The molecule has 21 heavy (non-hydrogen) atoms. The summed E-state index contributed by atoms with van der Waals surface area (Å²) < 4.78 is 10.7. The maximum absolute atomic E-state index is 5.63. The monoisotopic (exact) mass is 291 g/mol. The third-order valence-electron chi connectivity index (χ3n) is 2.68. The van der Waals surface area contributed by atoms with E-state index >= 15 is 0 Å². The van der Waals surface area contributed by atoms with Gasteiger partial charge in [-0.3, -0.25) is 0 Å². The number of rotatable bonds is 9. The highest BCUT2D eigenvalue weighted by atomic mass is 16.5. The molecule has 0 fully saturated rings. The molecule has 2 N–H and O–H groups in total. The van der Waals surface area contributed by atoms with Crippen LogP contribution in [0.15, 0.2) is 41.9 Å². The Labute approximate surface area is 127 Å². The Kier molecular flexibility index (Phi) is 8.72. The van der Waals surface area contributed by atoms with Gasteiger partial charge in [0.05, 0.1) is 13.2 Å². The zero-order valence-corrected chi connectivity index (χ0v) is 12.9. The van der Waals surface area contributed by atoms with Crippen LogP contribution in [0.4, 0.5) is 0 Å². The summed E-state index contributed by atoms with van der Waals surface area (Å²) in [5, 5.41) is 6.41. The van der Waals surface area contributed by atoms with Gasteiger partial charge in [-0.05, 0) is 13.0 Å². The minimum absolute atomic E-state index is 0.493. The number of nitrogens with zero attached hydrogens (tertiary/aromatic N) is 1. The maximum Gasteiger partial charge on any atom is 0.191 e. The van der Waals surface area contributed by atoms with E-state index in [1.54, 1.807) is 13.2 Å². The SMILES string of the molecule is C=CCOc1ccccc1CN=C(NCC)NCCOC. The highest BCUT2D eigenvalue weighted by Crippen LogP contribution is 2.18. The molecule has 0 aliphatic rings. The van der Waals surface area contributed by atoms with Crippen molar-refractivity contribution in [3.05, 3.63) is 42.5 Å². The second kappa shape index (κ2) is 10.7. The summed E-state index contributed by atoms with van der Waals surface area (Å²) in [5.41, 5.74) is 1.04. The van der Waals surface area contributed by atoms with Gasteiger partial charge in [0.25, 0.3) is 0 Å². The molecule has 5 nitrogen and oxygen atoms in total. The van der Waals surface area contributed by atoms with Gasteiger partial charge in [-0.15, -0.1) is 0 Å². The number of para-hydroxylation sites is 1. The Morgan fingerprint density at radius 1 is 1.33 bits per heavy atom. The van der Waals surface area contributed by atoms with E-state index < -0.39 is 0 Å². The van der Waals surface area contributed by atoms with Gasteiger partial charge in [-0.2, -0.15) is 0 Å². The smallest absolute Gasteiger partial charge is 0.191 e. The van der Waals surface area contributed by atoms with Gasteiger partial charge in [0, 0.05) is 25.8 Å². The Morgan fingerprint density at radius 3 is 2.86 bits per heavy atom. The van der Waals surface area contributed by atoms with Crippen molar-refractivity contribution in [1.82, 2.24) is 10.6 Å². The summed E-state index contributed by atoms with van der Waals surface area (Å²) in [5.74, 6) is 1.61. The molecule has 0 spiro atoms. The second-order valence-corrected chi connectivity index (χ2v) is 4.32. The van der Waals surface area contributed by atoms with Crippen LogP contribution in [-0.2, 0) is 11.3 Å². The first-order valence-electron chi connectivity index (χ1n) is 7.14. The molecule has 0 aromatic heterocycles. The lowest BCUT2D eigenvalue weighted by atomic mass is 10.2. The predicted molar refractivity (Wildman–Crippen MR) is 86.8 cm³/mol. The van der Waals surface area contributed by atoms with Crippen molar-refractivity contribution in [3.63, 3.8) is 0 Å². The molecular formula is C16H25N3O2. The van der Waals surface area contributed by atoms with Gasteiger partial charge < -0.3 is 20.1 Å². The second-order valence-electron chi connectivity index (χ2n) is 4.32. The lowest BCUT2D eigenvalue weighted by Gasteiger charge is -2.12. The summed E-state index contributed by atoms with van der Waals surface area (Å²) in [6, 6.07) is 7.89. The Morgan fingerprint density at radius 2 is 2.14 bits per heavy atom. The van der Waals surface area contributed by atoms with Crippen LogP contribution in [0.2, 0.25) is 0 Å². The average molecular weight is 291 g/mol. The van der Waals surface area contributed by atoms with E-state index in [0.717, 1.165) is 30.4 Å². The molecule has 0 unspecified atom stereocenters. The normalized spacial score (nSPS) is 11.0. The fraction of sp³-hybridized carbons (Fsp3) is 0.438. The minimum Gasteiger partial charge on any atom is -0.489 e. The van der Waals surface area contributed by atoms with Crippen molar-refractivity contribution >= 4 is 5.96 Å². The topological polar surface area (TPSA) is 54.9 Å². The van der Waals surface area contributed by atoms with E-state index in [4.69, 9.17) is 9.47 Å². The molecule has 0 aliphatic heterocycles. The third-order valence-corrected chi connectivity index (χ3v) is 2.68. The number of ether oxygens (including phenoxy) is 2. The standard InChI is InChI=1S/C16H25N3O2/c1-4-11-21-15-9-7-6-8-14(15)13-19-16(17-5-2)18-10-12-20-3/h4,6-9H,1,5,10-13H2,2-3H3,(H2,17,18,19). The fourth-order valence-electron chi connectivity index (χ4n) is 1.70. The number of methoxy groups -OCH3 is 1. The summed E-state index contributed by atoms with van der Waals surface area (Å²) in [6.07, 6.45) is 1.73. The van der Waals surface area contributed by atoms with Crippen LogP contribution in [0.3, 0.4) is 0 Å². The zero-order chi connectivity index (χ0) is 15.3. The van der Waals surface area contributed by atoms with Crippen molar-refractivity contribution in [2.24, 2.45) is 4.99 Å². The largest absolute Gasteiger partial charge is 0.489 e. The van der Waals surface area contributed by atoms with E-state index in [1.165, 1.54) is 0 Å². The number of hydrogen-bond donors (Lipinski definition) is 2. The summed E-state index contributed by atoms with van der Waals surface area (Å²) in [6.45, 7) is 8.92.